The number of rotatable bonds is 14. The van der Waals surface area contributed by atoms with Crippen LogP contribution in [0, 0.1) is 0 Å². The maximum Gasteiger partial charge on any atom is 0.292 e. The molecular weight excluding hydrogens is 1390 g/mol. The fraction of sp³-hybridized carbons (Fsp3) is 0.300. The summed E-state index contributed by atoms with van der Waals surface area (Å²) in [6, 6.07) is 23.2. The number of hydrogen-bond donors (Lipinski definition) is 9. The molecule has 0 bridgehead atoms. The van der Waals surface area contributed by atoms with E-state index in [1.165, 1.54) is 38.2 Å². The number of ether oxygens (including phenoxy) is 2. The molecule has 16 N–H and O–H groups in total. The first-order chi connectivity index (χ1) is 52.5. The first-order valence-corrected chi connectivity index (χ1v) is 34.9. The van der Waals surface area contributed by atoms with Crippen LogP contribution in [0.1, 0.15) is 45.6 Å². The van der Waals surface area contributed by atoms with Crippen LogP contribution in [0.5, 0.6) is 0 Å². The van der Waals surface area contributed by atoms with Crippen LogP contribution >= 0.6 is 0 Å². The third kappa shape index (κ3) is 12.7. The Kier molecular flexibility index (Phi) is 17.3. The monoisotopic (exact) mass is 1460 g/mol. The summed E-state index contributed by atoms with van der Waals surface area (Å²) >= 11 is 0. The number of nitrogen functional groups attached to an aromatic ring is 7. The fourth-order valence-electron chi connectivity index (χ4n) is 13.4. The summed E-state index contributed by atoms with van der Waals surface area (Å²) in [6.07, 6.45) is 9.76. The number of hydrogen-bond acceptors (Lipinski definition) is 33. The summed E-state index contributed by atoms with van der Waals surface area (Å²) < 4.78 is 38.9. The van der Waals surface area contributed by atoms with Crippen LogP contribution in [0.4, 0.5) is 46.7 Å². The summed E-state index contributed by atoms with van der Waals surface area (Å²) in [4.78, 5) is 55.0. The van der Waals surface area contributed by atoms with Crippen molar-refractivity contribution in [3.63, 3.8) is 0 Å². The molecule has 108 heavy (non-hydrogen) atoms. The highest BCUT2D eigenvalue weighted by Gasteiger charge is 2.47. The number of amides is 1. The molecule has 14 heterocycles. The minimum absolute atomic E-state index is 0.00593. The molecule has 4 aromatic carbocycles. The van der Waals surface area contributed by atoms with Gasteiger partial charge in [0, 0.05) is 67.1 Å². The van der Waals surface area contributed by atoms with Crippen LogP contribution in [-0.2, 0) is 32.9 Å². The minimum Gasteiger partial charge on any atom is -0.424 e. The Morgan fingerprint density at radius 2 is 1.00 bits per heavy atom. The van der Waals surface area contributed by atoms with Crippen molar-refractivity contribution in [2.24, 2.45) is 0 Å². The van der Waals surface area contributed by atoms with Crippen molar-refractivity contribution < 1.29 is 37.4 Å². The molecule has 0 radical (unpaired) electrons. The smallest absolute Gasteiger partial charge is 0.292 e. The summed E-state index contributed by atoms with van der Waals surface area (Å²) in [5, 5.41) is 49.0. The van der Waals surface area contributed by atoms with Gasteiger partial charge in [0.05, 0.1) is 82.8 Å². The van der Waals surface area contributed by atoms with Gasteiger partial charge in [-0.1, -0.05) is 15.5 Å². The van der Waals surface area contributed by atoms with E-state index in [0.717, 1.165) is 118 Å². The molecule has 0 unspecified atom stereocenters. The van der Waals surface area contributed by atoms with Crippen LogP contribution in [0.15, 0.2) is 116 Å². The van der Waals surface area contributed by atoms with E-state index in [-0.39, 0.29) is 42.8 Å². The Hall–Kier alpha value is -13.3. The highest BCUT2D eigenvalue weighted by atomic mass is 16.5. The fourth-order valence-corrected chi connectivity index (χ4v) is 13.4. The topological polar surface area (TPSA) is 535 Å². The molecule has 1 amide bonds. The molecular formula is C70H72N30O8. The van der Waals surface area contributed by atoms with Crippen molar-refractivity contribution in [3.8, 4) is 45.0 Å². The number of nitrogens with two attached hydrogens (primary N) is 7. The van der Waals surface area contributed by atoms with Gasteiger partial charge in [0.25, 0.3) is 6.01 Å². The average Bonchev–Trinajstić information content (AvgIpc) is 1.56. The van der Waals surface area contributed by atoms with Crippen LogP contribution in [0.3, 0.4) is 0 Å². The SMILES string of the molecule is CC(C)n1nc(-c2ccc3onc(NC4CC4)c3c2)c2c(N)ncnc21.Nc1nc2cc(-c3nn(C4(CO)CC4)c4ncnc(N)c34)ccc2o1.Nc1noc2ccc(-c3nn(CC(=O)N4CCOCC4)c4ncnc(N)c34)cc12.Nc1noc2ccc(-c3nn(CCN4CCOCC4)c4ncnc(N)c34)cc12. The Morgan fingerprint density at radius 1 is 0.528 bits per heavy atom. The minimum atomic E-state index is -0.403. The molecule has 20 rings (SSSR count). The molecule has 16 aromatic rings. The number of aromatic nitrogens is 20. The van der Waals surface area contributed by atoms with Gasteiger partial charge in [-0.05, 0) is 112 Å². The van der Waals surface area contributed by atoms with Gasteiger partial charge in [0.2, 0.25) is 5.91 Å². The number of carbonyl (C=O) groups is 1. The van der Waals surface area contributed by atoms with Crippen LogP contribution in [0.25, 0.3) is 133 Å². The summed E-state index contributed by atoms with van der Waals surface area (Å²) in [7, 11) is 0. The number of carbonyl (C=O) groups excluding carboxylic acids is 1. The molecule has 12 aromatic heterocycles. The van der Waals surface area contributed by atoms with Crippen molar-refractivity contribution in [3.05, 3.63) is 98.1 Å². The van der Waals surface area contributed by atoms with E-state index >= 15 is 0 Å². The highest BCUT2D eigenvalue weighted by molar-refractivity contribution is 6.05. The Labute approximate surface area is 609 Å². The number of aliphatic hydroxyl groups is 1. The zero-order valence-corrected chi connectivity index (χ0v) is 58.4. The van der Waals surface area contributed by atoms with Crippen molar-refractivity contribution in [1.29, 1.82) is 0 Å². The summed E-state index contributed by atoms with van der Waals surface area (Å²) in [5.74, 6) is 2.82. The lowest BCUT2D eigenvalue weighted by molar-refractivity contribution is -0.136. The van der Waals surface area contributed by atoms with Gasteiger partial charge in [0.1, 0.15) is 83.4 Å². The van der Waals surface area contributed by atoms with E-state index < -0.39 is 5.54 Å². The first-order valence-electron chi connectivity index (χ1n) is 34.9. The van der Waals surface area contributed by atoms with Crippen LogP contribution < -0.4 is 45.5 Å². The van der Waals surface area contributed by atoms with Gasteiger partial charge in [-0.2, -0.15) is 25.4 Å². The molecule has 2 aliphatic heterocycles. The number of nitrogens with one attached hydrogen (secondary N) is 1. The van der Waals surface area contributed by atoms with Gasteiger partial charge >= 0.3 is 0 Å². The van der Waals surface area contributed by atoms with E-state index in [0.29, 0.717) is 129 Å². The Morgan fingerprint density at radius 3 is 1.56 bits per heavy atom. The molecule has 0 atom stereocenters. The molecule has 550 valence electrons. The molecule has 0 spiro atoms. The number of benzene rings is 4. The first kappa shape index (κ1) is 67.8. The predicted molar refractivity (Wildman–Crippen MR) is 400 cm³/mol. The second kappa shape index (κ2) is 27.6. The van der Waals surface area contributed by atoms with E-state index in [1.807, 2.05) is 70.0 Å². The molecule has 4 aliphatic rings. The lowest BCUT2D eigenvalue weighted by Crippen LogP contribution is -2.42. The average molecular weight is 1460 g/mol. The Balaban J connectivity index is 0.000000106. The van der Waals surface area contributed by atoms with Gasteiger partial charge < -0.3 is 82.9 Å². The molecule has 38 nitrogen and oxygen atoms in total. The third-order valence-electron chi connectivity index (χ3n) is 19.5. The predicted octanol–water partition coefficient (Wildman–Crippen LogP) is 6.44. The summed E-state index contributed by atoms with van der Waals surface area (Å²) in [5.41, 5.74) is 53.4. The van der Waals surface area contributed by atoms with Gasteiger partial charge in [-0.25, -0.2) is 58.6 Å². The number of morpholine rings is 2. The van der Waals surface area contributed by atoms with Gasteiger partial charge in [-0.15, -0.1) is 0 Å². The number of nitrogens with zero attached hydrogens (tertiary/aromatic N) is 22. The van der Waals surface area contributed by atoms with Crippen LogP contribution in [0.2, 0.25) is 0 Å². The normalized spacial score (nSPS) is 15.2. The lowest BCUT2D eigenvalue weighted by atomic mass is 10.1. The van der Waals surface area contributed by atoms with Gasteiger partial charge in [0.15, 0.2) is 62.4 Å². The second-order valence-corrected chi connectivity index (χ2v) is 26.8. The molecule has 2 saturated carbocycles. The maximum atomic E-state index is 12.7. The lowest BCUT2D eigenvalue weighted by Gasteiger charge is -2.26. The second-order valence-electron chi connectivity index (χ2n) is 26.8. The molecule has 2 saturated heterocycles. The van der Waals surface area contributed by atoms with Gasteiger partial charge in [-0.3, -0.25) is 9.69 Å². The van der Waals surface area contributed by atoms with E-state index in [9.17, 15) is 9.90 Å². The number of aliphatic hydroxyl groups excluding tert-OH is 1. The van der Waals surface area contributed by atoms with Crippen molar-refractivity contribution in [1.82, 2.24) is 109 Å². The highest BCUT2D eigenvalue weighted by Crippen LogP contribution is 2.46. The molecule has 38 heteroatoms. The number of anilines is 8. The van der Waals surface area contributed by atoms with Crippen LogP contribution in [-0.4, -0.2) is 192 Å². The zero-order valence-electron chi connectivity index (χ0n) is 58.4. The molecule has 4 fully saturated rings. The van der Waals surface area contributed by atoms with Crippen molar-refractivity contribution >= 4 is 141 Å². The zero-order chi connectivity index (χ0) is 74.1. The van der Waals surface area contributed by atoms with E-state index in [4.69, 9.17) is 82.9 Å². The quantitative estimate of drug-likeness (QED) is 0.0565. The van der Waals surface area contributed by atoms with E-state index in [1.54, 1.807) is 26.4 Å². The third-order valence-corrected chi connectivity index (χ3v) is 19.5. The Bertz CT molecular complexity index is 6090. The van der Waals surface area contributed by atoms with Crippen molar-refractivity contribution in [2.45, 2.75) is 70.2 Å². The van der Waals surface area contributed by atoms with E-state index in [2.05, 4.69) is 89.5 Å². The number of fused-ring (bicyclic) bond motifs is 8. The summed E-state index contributed by atoms with van der Waals surface area (Å²) in [6.45, 7) is 11.3. The largest absolute Gasteiger partial charge is 0.424 e. The maximum absolute atomic E-state index is 12.7. The number of oxazole rings is 1. The standard InChI is InChI=1S/C18H18N8O3.C18H20N8O2.C18H19N7O.C16H15N7O2/c19-16-11-7-10(1-2-12(11)29-24-16)15-14-17(20)21-9-22-18(14)26(23-15)8-13(27)25-3-5-28-6-4-25;19-16-12-9-11(1-2-13(12)28-24-16)15-14-17(20)21-10-22-18(14)26(23-15)4-3-25-5-7-27-8-6-25;1-9(2)25-18-14(16(19)20-8-21-18)15(23-25)10-3-6-13-12(7-10)17(24-26-13)22-11-4-5-11;17-13-11-12(8-1-2-10-9(5-8)21-15(18)25-10)22-23(14(11)20-7-19-13)16(6-24)3-4-16/h1-2,7,9H,3-6,8H2,(H2,19,24)(H2,20,21,22);1-2,9-10H,3-8H2,(H2,19,24)(H2,20,21,22);3,6-9,11H,4-5H2,1-2H3,(H,22,24)(H2,19,20,21);1-2,5,7,24H,3-4,6H2,(H2,18,21)(H2,17,19,20). The molecule has 2 aliphatic carbocycles. The van der Waals surface area contributed by atoms with Crippen molar-refractivity contribution in [2.75, 3.05) is 111 Å².